The van der Waals surface area contributed by atoms with Crippen LogP contribution in [-0.2, 0) is 4.79 Å². The van der Waals surface area contributed by atoms with Gasteiger partial charge in [0, 0.05) is 37.5 Å². The molecule has 6 heteroatoms. The molecule has 0 saturated carbocycles. The van der Waals surface area contributed by atoms with Gasteiger partial charge in [0.25, 0.3) is 0 Å². The van der Waals surface area contributed by atoms with Crippen LogP contribution in [0.15, 0.2) is 48.5 Å². The number of hydrogen-bond donors (Lipinski definition) is 2. The minimum atomic E-state index is -0.203. The third-order valence-electron chi connectivity index (χ3n) is 5.73. The van der Waals surface area contributed by atoms with Crippen LogP contribution in [0.1, 0.15) is 24.9 Å². The minimum Gasteiger partial charge on any atom is -0.378 e. The molecule has 0 aromatic heterocycles. The molecular formula is C23H32FN4O+. The van der Waals surface area contributed by atoms with Gasteiger partial charge >= 0.3 is 0 Å². The summed E-state index contributed by atoms with van der Waals surface area (Å²) < 4.78 is 13.2. The van der Waals surface area contributed by atoms with Crippen molar-refractivity contribution in [3.8, 4) is 0 Å². The monoisotopic (exact) mass is 399 g/mol. The Hall–Kier alpha value is -2.60. The summed E-state index contributed by atoms with van der Waals surface area (Å²) in [6.07, 6.45) is 0.500. The molecule has 1 aliphatic rings. The van der Waals surface area contributed by atoms with Crippen LogP contribution in [-0.4, -0.2) is 52.7 Å². The number of nitrogens with one attached hydrogen (secondary N) is 2. The normalized spacial score (nSPS) is 15.8. The van der Waals surface area contributed by atoms with E-state index in [9.17, 15) is 9.18 Å². The summed E-state index contributed by atoms with van der Waals surface area (Å²) in [6, 6.07) is 15.6. The Balaban J connectivity index is 1.70. The molecule has 1 heterocycles. The van der Waals surface area contributed by atoms with Crippen molar-refractivity contribution in [2.45, 2.75) is 19.4 Å². The number of hydrogen-bond acceptors (Lipinski definition) is 3. The molecule has 1 aliphatic heterocycles. The molecule has 1 atom stereocenters. The lowest BCUT2D eigenvalue weighted by atomic mass is 10.0. The maximum absolute atomic E-state index is 13.2. The number of anilines is 2. The highest BCUT2D eigenvalue weighted by Crippen LogP contribution is 2.18. The predicted molar refractivity (Wildman–Crippen MR) is 116 cm³/mol. The Bertz CT molecular complexity index is 784. The summed E-state index contributed by atoms with van der Waals surface area (Å²) in [7, 11) is 4.07. The molecule has 5 nitrogen and oxygen atoms in total. The van der Waals surface area contributed by atoms with Gasteiger partial charge in [-0.25, -0.2) is 4.39 Å². The summed E-state index contributed by atoms with van der Waals surface area (Å²) >= 11 is 0. The number of halogens is 1. The van der Waals surface area contributed by atoms with Gasteiger partial charge in [0.1, 0.15) is 11.9 Å². The number of piperazine rings is 1. The third kappa shape index (κ3) is 5.48. The third-order valence-corrected chi connectivity index (χ3v) is 5.73. The number of quaternary nitrogens is 1. The molecule has 29 heavy (non-hydrogen) atoms. The molecule has 0 radical (unpaired) electrons. The zero-order chi connectivity index (χ0) is 20.8. The molecule has 1 saturated heterocycles. The number of amides is 1. The van der Waals surface area contributed by atoms with Crippen molar-refractivity contribution in [1.82, 2.24) is 5.32 Å². The van der Waals surface area contributed by atoms with E-state index in [1.54, 1.807) is 0 Å². The fraction of sp³-hybridized carbons (Fsp3) is 0.435. The van der Waals surface area contributed by atoms with Crippen molar-refractivity contribution in [1.29, 1.82) is 0 Å². The van der Waals surface area contributed by atoms with Gasteiger partial charge in [-0.1, -0.05) is 19.1 Å². The van der Waals surface area contributed by atoms with Gasteiger partial charge in [-0.3, -0.25) is 4.79 Å². The van der Waals surface area contributed by atoms with Crippen LogP contribution in [0.25, 0.3) is 0 Å². The number of nitrogens with zero attached hydrogens (tertiary/aromatic N) is 2. The average Bonchev–Trinajstić information content (AvgIpc) is 2.75. The van der Waals surface area contributed by atoms with E-state index in [1.807, 2.05) is 33.2 Å². The summed E-state index contributed by atoms with van der Waals surface area (Å²) in [6.45, 7) is 6.29. The van der Waals surface area contributed by atoms with Crippen molar-refractivity contribution in [2.24, 2.45) is 0 Å². The van der Waals surface area contributed by atoms with Gasteiger partial charge in [-0.2, -0.15) is 0 Å². The second kappa shape index (κ2) is 9.74. The van der Waals surface area contributed by atoms with Gasteiger partial charge < -0.3 is 20.0 Å². The Kier molecular flexibility index (Phi) is 7.09. The van der Waals surface area contributed by atoms with E-state index in [4.69, 9.17) is 0 Å². The van der Waals surface area contributed by atoms with Crippen LogP contribution in [0.4, 0.5) is 15.8 Å². The molecule has 2 N–H and O–H groups in total. The van der Waals surface area contributed by atoms with Crippen LogP contribution >= 0.6 is 0 Å². The van der Waals surface area contributed by atoms with E-state index >= 15 is 0 Å². The van der Waals surface area contributed by atoms with Crippen LogP contribution in [0, 0.1) is 5.82 Å². The van der Waals surface area contributed by atoms with E-state index in [-0.39, 0.29) is 17.8 Å². The van der Waals surface area contributed by atoms with Gasteiger partial charge in [0.2, 0.25) is 5.91 Å². The van der Waals surface area contributed by atoms with E-state index in [0.29, 0.717) is 13.0 Å². The SMILES string of the molecule is CCC(=O)NC[C@H](c1ccc(N(C)C)cc1)[NH+]1CCN(c2ccc(F)cc2)CC1. The molecule has 1 fully saturated rings. The standard InChI is InChI=1S/C23H31FN4O/c1-4-23(29)25-17-22(18-5-9-20(10-6-18)26(2)3)28-15-13-27(14-16-28)21-11-7-19(24)8-12-21/h5-12,22H,4,13-17H2,1-3H3,(H,25,29)/p+1/t22-/m1/s1. The number of carbonyl (C=O) groups excluding carboxylic acids is 1. The molecule has 1 amide bonds. The first-order valence-corrected chi connectivity index (χ1v) is 10.4. The molecule has 3 rings (SSSR count). The summed E-state index contributed by atoms with van der Waals surface area (Å²) in [5.41, 5.74) is 3.48. The topological polar surface area (TPSA) is 40.0 Å². The molecule has 156 valence electrons. The summed E-state index contributed by atoms with van der Waals surface area (Å²) in [5, 5.41) is 3.09. The summed E-state index contributed by atoms with van der Waals surface area (Å²) in [4.78, 5) is 17.7. The lowest BCUT2D eigenvalue weighted by Gasteiger charge is -2.38. The van der Waals surface area contributed by atoms with Crippen molar-refractivity contribution < 1.29 is 14.1 Å². The predicted octanol–water partition coefficient (Wildman–Crippen LogP) is 1.86. The van der Waals surface area contributed by atoms with Crippen molar-refractivity contribution in [3.63, 3.8) is 0 Å². The highest BCUT2D eigenvalue weighted by atomic mass is 19.1. The highest BCUT2D eigenvalue weighted by molar-refractivity contribution is 5.75. The smallest absolute Gasteiger partial charge is 0.219 e. The molecule has 2 aromatic carbocycles. The molecular weight excluding hydrogens is 367 g/mol. The Labute approximate surface area is 173 Å². The van der Waals surface area contributed by atoms with Gasteiger partial charge in [0.05, 0.1) is 32.7 Å². The first kappa shape index (κ1) is 21.1. The Morgan fingerprint density at radius 2 is 1.72 bits per heavy atom. The quantitative estimate of drug-likeness (QED) is 0.747. The van der Waals surface area contributed by atoms with Crippen LogP contribution in [0.3, 0.4) is 0 Å². The van der Waals surface area contributed by atoms with Crippen LogP contribution in [0.5, 0.6) is 0 Å². The Morgan fingerprint density at radius 1 is 1.10 bits per heavy atom. The molecule has 0 spiro atoms. The minimum absolute atomic E-state index is 0.0873. The second-order valence-corrected chi connectivity index (χ2v) is 7.82. The highest BCUT2D eigenvalue weighted by Gasteiger charge is 2.29. The molecule has 2 aromatic rings. The maximum atomic E-state index is 13.2. The second-order valence-electron chi connectivity index (χ2n) is 7.82. The largest absolute Gasteiger partial charge is 0.378 e. The molecule has 0 bridgehead atoms. The fourth-order valence-electron chi connectivity index (χ4n) is 3.90. The first-order chi connectivity index (χ1) is 14.0. The van der Waals surface area contributed by atoms with Crippen molar-refractivity contribution in [3.05, 3.63) is 59.9 Å². The number of benzene rings is 2. The first-order valence-electron chi connectivity index (χ1n) is 10.4. The fourth-order valence-corrected chi connectivity index (χ4v) is 3.90. The van der Waals surface area contributed by atoms with E-state index in [1.165, 1.54) is 28.3 Å². The van der Waals surface area contributed by atoms with E-state index in [2.05, 4.69) is 39.4 Å². The van der Waals surface area contributed by atoms with Crippen molar-refractivity contribution in [2.75, 3.05) is 56.6 Å². The Morgan fingerprint density at radius 3 is 2.28 bits per heavy atom. The zero-order valence-corrected chi connectivity index (χ0v) is 17.6. The lowest BCUT2D eigenvalue weighted by molar-refractivity contribution is -0.931. The zero-order valence-electron chi connectivity index (χ0n) is 17.6. The van der Waals surface area contributed by atoms with Gasteiger partial charge in [-0.15, -0.1) is 0 Å². The molecule has 0 aliphatic carbocycles. The number of carbonyl (C=O) groups is 1. The molecule has 0 unspecified atom stereocenters. The number of rotatable bonds is 7. The van der Waals surface area contributed by atoms with Crippen molar-refractivity contribution >= 4 is 17.3 Å². The van der Waals surface area contributed by atoms with E-state index < -0.39 is 0 Å². The lowest BCUT2D eigenvalue weighted by Crippen LogP contribution is -3.15. The maximum Gasteiger partial charge on any atom is 0.219 e. The van der Waals surface area contributed by atoms with E-state index in [0.717, 1.165) is 31.9 Å². The van der Waals surface area contributed by atoms with Crippen LogP contribution in [0.2, 0.25) is 0 Å². The van der Waals surface area contributed by atoms with Gasteiger partial charge in [0.15, 0.2) is 0 Å². The van der Waals surface area contributed by atoms with Crippen LogP contribution < -0.4 is 20.0 Å². The average molecular weight is 400 g/mol. The summed E-state index contributed by atoms with van der Waals surface area (Å²) in [5.74, 6) is -0.116. The van der Waals surface area contributed by atoms with Gasteiger partial charge in [-0.05, 0) is 36.4 Å².